The van der Waals surface area contributed by atoms with Crippen molar-refractivity contribution in [1.82, 2.24) is 0 Å². The zero-order valence-electron chi connectivity index (χ0n) is 9.10. The van der Waals surface area contributed by atoms with Gasteiger partial charge in [0.2, 0.25) is 6.10 Å². The second kappa shape index (κ2) is 6.07. The van der Waals surface area contributed by atoms with Crippen molar-refractivity contribution in [2.24, 2.45) is 0 Å². The number of aliphatic carboxylic acids is 1. The molecule has 0 spiro atoms. The van der Waals surface area contributed by atoms with E-state index in [2.05, 4.69) is 4.74 Å². The van der Waals surface area contributed by atoms with Crippen molar-refractivity contribution in [2.75, 3.05) is 6.61 Å². The Morgan fingerprint density at radius 2 is 1.67 bits per heavy atom. The first-order valence-corrected chi connectivity index (χ1v) is 4.67. The maximum absolute atomic E-state index is 12.0. The van der Waals surface area contributed by atoms with E-state index in [0.29, 0.717) is 6.08 Å². The lowest BCUT2D eigenvalue weighted by Gasteiger charge is -2.22. The molecule has 0 bridgehead atoms. The molecule has 0 aliphatic rings. The third kappa shape index (κ3) is 5.39. The van der Waals surface area contributed by atoms with Gasteiger partial charge in [-0.1, -0.05) is 6.92 Å². The molecule has 0 atom stereocenters. The van der Waals surface area contributed by atoms with Crippen LogP contribution in [0.5, 0.6) is 0 Å². The Labute approximate surface area is 98.0 Å². The zero-order valence-corrected chi connectivity index (χ0v) is 9.10. The quantitative estimate of drug-likeness (QED) is 0.622. The summed E-state index contributed by atoms with van der Waals surface area (Å²) in [6.07, 6.45) is -14.5. The molecular formula is C9H10F6O3. The lowest BCUT2D eigenvalue weighted by Crippen LogP contribution is -2.44. The fourth-order valence-corrected chi connectivity index (χ4v) is 1.00. The second-order valence-electron chi connectivity index (χ2n) is 3.18. The molecule has 0 aliphatic heterocycles. The molecule has 0 unspecified atom stereocenters. The molecule has 0 rings (SSSR count). The molecular weight excluding hydrogens is 270 g/mol. The first-order valence-electron chi connectivity index (χ1n) is 4.67. The summed E-state index contributed by atoms with van der Waals surface area (Å²) < 4.78 is 75.7. The Balaban J connectivity index is 4.71. The minimum Gasteiger partial charge on any atom is -0.478 e. The highest BCUT2D eigenvalue weighted by Gasteiger charge is 2.57. The van der Waals surface area contributed by atoms with Gasteiger partial charge < -0.3 is 9.84 Å². The summed E-state index contributed by atoms with van der Waals surface area (Å²) in [7, 11) is 0. The molecule has 3 nitrogen and oxygen atoms in total. The molecule has 106 valence electrons. The Bertz CT molecular complexity index is 303. The van der Waals surface area contributed by atoms with Gasteiger partial charge in [-0.15, -0.1) is 0 Å². The highest BCUT2D eigenvalue weighted by Crippen LogP contribution is 2.35. The standard InChI is InChI=1S/C9H10F6O3/c1-2-5(6(16)17)3-4-18-7(8(10,11)12)9(13,14)15/h3,7H,2,4H2,1H3,(H,16,17). The molecule has 0 amide bonds. The zero-order chi connectivity index (χ0) is 14.6. The van der Waals surface area contributed by atoms with Crippen LogP contribution in [0.2, 0.25) is 0 Å². The number of hydrogen-bond acceptors (Lipinski definition) is 2. The van der Waals surface area contributed by atoms with E-state index in [1.807, 2.05) is 0 Å². The van der Waals surface area contributed by atoms with E-state index in [9.17, 15) is 31.1 Å². The van der Waals surface area contributed by atoms with Gasteiger partial charge in [0.1, 0.15) is 0 Å². The fourth-order valence-electron chi connectivity index (χ4n) is 1.00. The molecule has 9 heteroatoms. The number of hydrogen-bond donors (Lipinski definition) is 1. The average Bonchev–Trinajstić information content (AvgIpc) is 2.12. The number of rotatable bonds is 5. The van der Waals surface area contributed by atoms with Crippen LogP contribution in [0.15, 0.2) is 11.6 Å². The number of halogens is 6. The van der Waals surface area contributed by atoms with Crippen molar-refractivity contribution in [1.29, 1.82) is 0 Å². The number of carboxylic acid groups (broad SMARTS) is 1. The maximum atomic E-state index is 12.0. The van der Waals surface area contributed by atoms with Crippen LogP contribution in [0.3, 0.4) is 0 Å². The Hall–Kier alpha value is -1.25. The van der Waals surface area contributed by atoms with Crippen molar-refractivity contribution >= 4 is 5.97 Å². The molecule has 0 aliphatic carbocycles. The van der Waals surface area contributed by atoms with E-state index in [4.69, 9.17) is 5.11 Å². The first-order chi connectivity index (χ1) is 8.00. The van der Waals surface area contributed by atoms with Crippen LogP contribution in [-0.4, -0.2) is 36.1 Å². The molecule has 0 aromatic rings. The van der Waals surface area contributed by atoms with Gasteiger partial charge in [0.25, 0.3) is 0 Å². The first kappa shape index (κ1) is 16.8. The molecule has 0 aromatic carbocycles. The van der Waals surface area contributed by atoms with Gasteiger partial charge in [-0.25, -0.2) is 4.79 Å². The van der Waals surface area contributed by atoms with Crippen molar-refractivity contribution in [3.8, 4) is 0 Å². The van der Waals surface area contributed by atoms with Crippen LogP contribution >= 0.6 is 0 Å². The second-order valence-corrected chi connectivity index (χ2v) is 3.18. The summed E-state index contributed by atoms with van der Waals surface area (Å²) in [6, 6.07) is 0. The van der Waals surface area contributed by atoms with E-state index in [1.165, 1.54) is 6.92 Å². The molecule has 0 saturated carbocycles. The van der Waals surface area contributed by atoms with E-state index in [0.717, 1.165) is 0 Å². The third-order valence-electron chi connectivity index (χ3n) is 1.84. The minimum atomic E-state index is -5.60. The summed E-state index contributed by atoms with van der Waals surface area (Å²) in [4.78, 5) is 10.4. The largest absolute Gasteiger partial charge is 0.478 e. The fraction of sp³-hybridized carbons (Fsp3) is 0.667. The molecule has 0 aromatic heterocycles. The SMILES string of the molecule is CCC(=CCOC(C(F)(F)F)C(F)(F)F)C(=O)O. The highest BCUT2D eigenvalue weighted by atomic mass is 19.4. The van der Waals surface area contributed by atoms with Crippen LogP contribution in [-0.2, 0) is 9.53 Å². The predicted molar refractivity (Wildman–Crippen MR) is 47.9 cm³/mol. The van der Waals surface area contributed by atoms with Gasteiger partial charge in [0, 0.05) is 5.57 Å². The van der Waals surface area contributed by atoms with Crippen molar-refractivity contribution in [2.45, 2.75) is 31.8 Å². The summed E-state index contributed by atoms with van der Waals surface area (Å²) in [5, 5.41) is 8.49. The molecule has 0 saturated heterocycles. The van der Waals surface area contributed by atoms with E-state index in [-0.39, 0.29) is 12.0 Å². The topological polar surface area (TPSA) is 46.5 Å². The van der Waals surface area contributed by atoms with Gasteiger partial charge in [-0.2, -0.15) is 26.3 Å². The highest BCUT2D eigenvalue weighted by molar-refractivity contribution is 5.86. The van der Waals surface area contributed by atoms with E-state index in [1.54, 1.807) is 0 Å². The molecule has 0 fully saturated rings. The van der Waals surface area contributed by atoms with Crippen molar-refractivity contribution in [3.63, 3.8) is 0 Å². The molecule has 1 N–H and O–H groups in total. The van der Waals surface area contributed by atoms with Crippen LogP contribution < -0.4 is 0 Å². The Kier molecular flexibility index (Phi) is 5.65. The maximum Gasteiger partial charge on any atom is 0.423 e. The Morgan fingerprint density at radius 3 is 1.94 bits per heavy atom. The van der Waals surface area contributed by atoms with Crippen LogP contribution in [0, 0.1) is 0 Å². The van der Waals surface area contributed by atoms with Crippen molar-refractivity contribution < 1.29 is 41.0 Å². The number of alkyl halides is 6. The van der Waals surface area contributed by atoms with Gasteiger partial charge in [-0.05, 0) is 12.5 Å². The lowest BCUT2D eigenvalue weighted by atomic mass is 10.2. The third-order valence-corrected chi connectivity index (χ3v) is 1.84. The van der Waals surface area contributed by atoms with Crippen LogP contribution in [0.1, 0.15) is 13.3 Å². The number of carboxylic acids is 1. The van der Waals surface area contributed by atoms with Gasteiger partial charge >= 0.3 is 18.3 Å². The van der Waals surface area contributed by atoms with Gasteiger partial charge in [-0.3, -0.25) is 0 Å². The minimum absolute atomic E-state index is 0.0403. The summed E-state index contributed by atoms with van der Waals surface area (Å²) >= 11 is 0. The molecule has 0 heterocycles. The smallest absolute Gasteiger partial charge is 0.423 e. The molecule has 0 radical (unpaired) electrons. The lowest BCUT2D eigenvalue weighted by molar-refractivity contribution is -0.319. The number of ether oxygens (including phenoxy) is 1. The molecule has 18 heavy (non-hydrogen) atoms. The number of carbonyl (C=O) groups is 1. The van der Waals surface area contributed by atoms with E-state index < -0.39 is 31.0 Å². The van der Waals surface area contributed by atoms with Gasteiger partial charge in [0.05, 0.1) is 6.61 Å². The predicted octanol–water partition coefficient (Wildman–Crippen LogP) is 2.92. The van der Waals surface area contributed by atoms with E-state index >= 15 is 0 Å². The monoisotopic (exact) mass is 280 g/mol. The normalized spacial score (nSPS) is 14.1. The summed E-state index contributed by atoms with van der Waals surface area (Å²) in [5.74, 6) is -1.42. The Morgan fingerprint density at radius 1 is 1.22 bits per heavy atom. The average molecular weight is 280 g/mol. The van der Waals surface area contributed by atoms with Crippen LogP contribution in [0.25, 0.3) is 0 Å². The van der Waals surface area contributed by atoms with Crippen molar-refractivity contribution in [3.05, 3.63) is 11.6 Å². The summed E-state index contributed by atoms with van der Waals surface area (Å²) in [6.45, 7) is 0.310. The van der Waals surface area contributed by atoms with Gasteiger partial charge in [0.15, 0.2) is 0 Å². The van der Waals surface area contributed by atoms with Crippen LogP contribution in [0.4, 0.5) is 26.3 Å². The summed E-state index contributed by atoms with van der Waals surface area (Å²) in [5.41, 5.74) is -0.321.